The molecule has 7 heteroatoms. The lowest BCUT2D eigenvalue weighted by molar-refractivity contribution is -0.143. The van der Waals surface area contributed by atoms with Crippen LogP contribution in [0.3, 0.4) is 0 Å². The molecule has 1 saturated heterocycles. The maximum absolute atomic E-state index is 12.8. The molecule has 0 aliphatic carbocycles. The number of thioether (sulfide) groups is 1. The maximum Gasteiger partial charge on any atom is 0.305 e. The molecule has 0 atom stereocenters. The van der Waals surface area contributed by atoms with E-state index in [1.54, 1.807) is 11.8 Å². The van der Waals surface area contributed by atoms with Crippen molar-refractivity contribution >= 4 is 46.3 Å². The summed E-state index contributed by atoms with van der Waals surface area (Å²) >= 11 is 6.76. The van der Waals surface area contributed by atoms with Crippen molar-refractivity contribution in [1.29, 1.82) is 0 Å². The number of thiocarbonyl (C=S) groups is 1. The van der Waals surface area contributed by atoms with Crippen molar-refractivity contribution in [3.63, 3.8) is 0 Å². The lowest BCUT2D eigenvalue weighted by Crippen LogP contribution is -2.29. The van der Waals surface area contributed by atoms with Crippen LogP contribution in [0.15, 0.2) is 53.4 Å². The van der Waals surface area contributed by atoms with Crippen LogP contribution in [0, 0.1) is 0 Å². The number of hydrogen-bond donors (Lipinski definition) is 0. The van der Waals surface area contributed by atoms with E-state index in [4.69, 9.17) is 21.7 Å². The molecule has 0 unspecified atom stereocenters. The second-order valence-electron chi connectivity index (χ2n) is 9.75. The van der Waals surface area contributed by atoms with Crippen LogP contribution in [0.25, 0.3) is 6.08 Å². The summed E-state index contributed by atoms with van der Waals surface area (Å²) in [5.74, 6) is 0.550. The van der Waals surface area contributed by atoms with Crippen molar-refractivity contribution in [2.75, 3.05) is 13.2 Å². The third-order valence-electron chi connectivity index (χ3n) is 5.84. The number of nitrogens with zero attached hydrogens (tertiary/aromatic N) is 1. The molecule has 2 aromatic carbocycles. The Balaban J connectivity index is 1.48. The molecule has 3 rings (SSSR count). The highest BCUT2D eigenvalue weighted by Gasteiger charge is 2.31. The van der Waals surface area contributed by atoms with E-state index in [1.165, 1.54) is 17.3 Å². The SMILES string of the molecule is CCOC(=O)CCCCCN1C(=O)/C(=C\c2ccc(OCc3ccc(C(C)(C)C)cc3)cc2)SC1=S. The first-order valence-electron chi connectivity index (χ1n) is 12.4. The molecule has 192 valence electrons. The van der Waals surface area contributed by atoms with Crippen molar-refractivity contribution in [1.82, 2.24) is 4.90 Å². The fourth-order valence-electron chi connectivity index (χ4n) is 3.72. The number of carbonyl (C=O) groups is 2. The number of hydrogen-bond acceptors (Lipinski definition) is 6. The van der Waals surface area contributed by atoms with Gasteiger partial charge in [0.05, 0.1) is 11.5 Å². The van der Waals surface area contributed by atoms with Gasteiger partial charge in [0.1, 0.15) is 16.7 Å². The topological polar surface area (TPSA) is 55.8 Å². The lowest BCUT2D eigenvalue weighted by atomic mass is 9.87. The molecule has 1 aliphatic heterocycles. The third kappa shape index (κ3) is 8.20. The van der Waals surface area contributed by atoms with Crippen LogP contribution in [-0.4, -0.2) is 34.2 Å². The van der Waals surface area contributed by atoms with Gasteiger partial charge in [-0.15, -0.1) is 0 Å². The average Bonchev–Trinajstić information content (AvgIpc) is 3.10. The normalized spacial score (nSPS) is 15.0. The lowest BCUT2D eigenvalue weighted by Gasteiger charge is -2.19. The fourth-order valence-corrected chi connectivity index (χ4v) is 5.03. The van der Waals surface area contributed by atoms with Crippen molar-refractivity contribution in [2.45, 2.75) is 65.4 Å². The predicted molar refractivity (Wildman–Crippen MR) is 151 cm³/mol. The quantitative estimate of drug-likeness (QED) is 0.138. The van der Waals surface area contributed by atoms with Gasteiger partial charge < -0.3 is 9.47 Å². The standard InChI is InChI=1S/C29H35NO4S2/c1-5-33-26(31)9-7-6-8-18-30-27(32)25(36-28(30)35)19-21-12-16-24(17-13-21)34-20-22-10-14-23(15-11-22)29(2,3)4/h10-17,19H,5-9,18,20H2,1-4H3/b25-19+. The zero-order valence-electron chi connectivity index (χ0n) is 21.5. The first-order valence-corrected chi connectivity index (χ1v) is 13.6. The Morgan fingerprint density at radius 3 is 2.36 bits per heavy atom. The summed E-state index contributed by atoms with van der Waals surface area (Å²) in [4.78, 5) is 26.5. The van der Waals surface area contributed by atoms with Gasteiger partial charge in [0.15, 0.2) is 0 Å². The molecule has 1 heterocycles. The highest BCUT2D eigenvalue weighted by molar-refractivity contribution is 8.26. The van der Waals surface area contributed by atoms with Gasteiger partial charge in [0.2, 0.25) is 0 Å². The largest absolute Gasteiger partial charge is 0.489 e. The van der Waals surface area contributed by atoms with Gasteiger partial charge in [-0.05, 0) is 60.1 Å². The third-order valence-corrected chi connectivity index (χ3v) is 7.22. The van der Waals surface area contributed by atoms with Crippen molar-refractivity contribution in [2.24, 2.45) is 0 Å². The smallest absolute Gasteiger partial charge is 0.305 e. The molecule has 1 fully saturated rings. The van der Waals surface area contributed by atoms with E-state index in [9.17, 15) is 9.59 Å². The molecule has 1 aliphatic rings. The summed E-state index contributed by atoms with van der Waals surface area (Å²) in [6.07, 6.45) is 4.67. The van der Waals surface area contributed by atoms with Gasteiger partial charge in [-0.3, -0.25) is 14.5 Å². The van der Waals surface area contributed by atoms with E-state index >= 15 is 0 Å². The monoisotopic (exact) mass is 525 g/mol. The predicted octanol–water partition coefficient (Wildman–Crippen LogP) is 6.89. The van der Waals surface area contributed by atoms with Crippen LogP contribution < -0.4 is 4.74 Å². The van der Waals surface area contributed by atoms with Crippen LogP contribution in [0.5, 0.6) is 5.75 Å². The van der Waals surface area contributed by atoms with Gasteiger partial charge in [0, 0.05) is 13.0 Å². The molecule has 0 N–H and O–H groups in total. The molecule has 0 spiro atoms. The highest BCUT2D eigenvalue weighted by Crippen LogP contribution is 2.33. The summed E-state index contributed by atoms with van der Waals surface area (Å²) in [7, 11) is 0. The Labute approximate surface area is 224 Å². The van der Waals surface area contributed by atoms with Crippen LogP contribution in [0.4, 0.5) is 0 Å². The molecule has 0 aromatic heterocycles. The molecule has 2 aromatic rings. The summed E-state index contributed by atoms with van der Waals surface area (Å²) in [6, 6.07) is 16.2. The number of carbonyl (C=O) groups excluding carboxylic acids is 2. The molecule has 36 heavy (non-hydrogen) atoms. The molecule has 0 bridgehead atoms. The second-order valence-corrected chi connectivity index (χ2v) is 11.4. The average molecular weight is 526 g/mol. The summed E-state index contributed by atoms with van der Waals surface area (Å²) in [5, 5.41) is 0. The van der Waals surface area contributed by atoms with E-state index in [-0.39, 0.29) is 17.3 Å². The molecule has 0 radical (unpaired) electrons. The van der Waals surface area contributed by atoms with Crippen molar-refractivity contribution in [3.8, 4) is 5.75 Å². The second kappa shape index (κ2) is 13.1. The van der Waals surface area contributed by atoms with Gasteiger partial charge >= 0.3 is 5.97 Å². The Bertz CT molecular complexity index is 1090. The number of unbranched alkanes of at least 4 members (excludes halogenated alkanes) is 2. The van der Waals surface area contributed by atoms with Crippen LogP contribution in [-0.2, 0) is 26.3 Å². The highest BCUT2D eigenvalue weighted by atomic mass is 32.2. The van der Waals surface area contributed by atoms with Crippen molar-refractivity contribution in [3.05, 3.63) is 70.1 Å². The van der Waals surface area contributed by atoms with E-state index in [1.807, 2.05) is 30.3 Å². The summed E-state index contributed by atoms with van der Waals surface area (Å²) in [6.45, 7) is 9.88. The fraction of sp³-hybridized carbons (Fsp3) is 0.414. The molecular formula is C29H35NO4S2. The number of ether oxygens (including phenoxy) is 2. The van der Waals surface area contributed by atoms with E-state index in [0.717, 1.165) is 36.1 Å². The first kappa shape index (κ1) is 27.9. The Morgan fingerprint density at radius 1 is 1.03 bits per heavy atom. The van der Waals surface area contributed by atoms with Crippen LogP contribution >= 0.6 is 24.0 Å². The number of rotatable bonds is 11. The van der Waals surface area contributed by atoms with E-state index in [2.05, 4.69) is 45.0 Å². The minimum atomic E-state index is -0.169. The first-order chi connectivity index (χ1) is 17.2. The van der Waals surface area contributed by atoms with E-state index in [0.29, 0.717) is 35.4 Å². The minimum Gasteiger partial charge on any atom is -0.489 e. The maximum atomic E-state index is 12.8. The Kier molecular flexibility index (Phi) is 10.1. The summed E-state index contributed by atoms with van der Waals surface area (Å²) < 4.78 is 11.5. The Hall–Kier alpha value is -2.64. The minimum absolute atomic E-state index is 0.0607. The van der Waals surface area contributed by atoms with Crippen LogP contribution in [0.1, 0.15) is 70.1 Å². The van der Waals surface area contributed by atoms with Gasteiger partial charge in [-0.25, -0.2) is 0 Å². The number of benzene rings is 2. The molecule has 1 amide bonds. The van der Waals surface area contributed by atoms with Crippen molar-refractivity contribution < 1.29 is 19.1 Å². The van der Waals surface area contributed by atoms with Crippen LogP contribution in [0.2, 0.25) is 0 Å². The zero-order valence-corrected chi connectivity index (χ0v) is 23.2. The molecule has 5 nitrogen and oxygen atoms in total. The molecule has 0 saturated carbocycles. The Morgan fingerprint density at radius 2 is 1.72 bits per heavy atom. The van der Waals surface area contributed by atoms with E-state index < -0.39 is 0 Å². The molecular weight excluding hydrogens is 490 g/mol. The van der Waals surface area contributed by atoms with Gasteiger partial charge in [0.25, 0.3) is 5.91 Å². The van der Waals surface area contributed by atoms with Gasteiger partial charge in [-0.1, -0.05) is 87.6 Å². The number of amides is 1. The van der Waals surface area contributed by atoms with Gasteiger partial charge in [-0.2, -0.15) is 0 Å². The number of esters is 1. The zero-order chi connectivity index (χ0) is 26.1. The summed E-state index contributed by atoms with van der Waals surface area (Å²) in [5.41, 5.74) is 3.48.